The van der Waals surface area contributed by atoms with E-state index in [0.717, 1.165) is 16.7 Å². The van der Waals surface area contributed by atoms with Crippen molar-refractivity contribution in [3.63, 3.8) is 0 Å². The molecule has 6 nitrogen and oxygen atoms in total. The number of aryl methyl sites for hydroxylation is 1. The predicted octanol–water partition coefficient (Wildman–Crippen LogP) is 4.76. The van der Waals surface area contributed by atoms with Crippen molar-refractivity contribution in [3.05, 3.63) is 80.7 Å². The SMILES string of the molecule is Cc1ccc(-c2csc(NC(=O)c3ccc([N+](=O)[O-])cc3)c2C#N)cc1. The zero-order valence-corrected chi connectivity index (χ0v) is 14.5. The summed E-state index contributed by atoms with van der Waals surface area (Å²) in [5, 5.41) is 25.2. The molecule has 0 fully saturated rings. The highest BCUT2D eigenvalue weighted by Gasteiger charge is 2.16. The first kappa shape index (κ1) is 17.3. The zero-order valence-electron chi connectivity index (χ0n) is 13.7. The molecule has 7 heteroatoms. The average Bonchev–Trinajstić information content (AvgIpc) is 3.04. The number of nitrogens with one attached hydrogen (secondary N) is 1. The minimum Gasteiger partial charge on any atom is -0.312 e. The standard InChI is InChI=1S/C19H13N3O3S/c1-12-2-4-13(5-3-12)17-11-26-19(16(17)10-20)21-18(23)14-6-8-15(9-7-14)22(24)25/h2-9,11H,1H3,(H,21,23). The van der Waals surface area contributed by atoms with Crippen LogP contribution in [0.25, 0.3) is 11.1 Å². The van der Waals surface area contributed by atoms with Gasteiger partial charge in [0.05, 0.1) is 10.5 Å². The smallest absolute Gasteiger partial charge is 0.269 e. The summed E-state index contributed by atoms with van der Waals surface area (Å²) >= 11 is 1.27. The topological polar surface area (TPSA) is 96.0 Å². The van der Waals surface area contributed by atoms with Crippen LogP contribution in [0.2, 0.25) is 0 Å². The van der Waals surface area contributed by atoms with Gasteiger partial charge in [-0.2, -0.15) is 5.26 Å². The first-order valence-electron chi connectivity index (χ1n) is 7.64. The Bertz CT molecular complexity index is 1020. The number of benzene rings is 2. The summed E-state index contributed by atoms with van der Waals surface area (Å²) < 4.78 is 0. The van der Waals surface area contributed by atoms with Crippen molar-refractivity contribution in [1.29, 1.82) is 5.26 Å². The number of hydrogen-bond acceptors (Lipinski definition) is 5. The molecule has 2 aromatic carbocycles. The molecule has 0 aliphatic heterocycles. The molecule has 0 radical (unpaired) electrons. The van der Waals surface area contributed by atoms with Gasteiger partial charge in [0.2, 0.25) is 0 Å². The van der Waals surface area contributed by atoms with Crippen LogP contribution in [0.3, 0.4) is 0 Å². The van der Waals surface area contributed by atoms with Crippen molar-refractivity contribution in [2.75, 3.05) is 5.32 Å². The molecule has 0 saturated heterocycles. The second kappa shape index (κ2) is 7.17. The zero-order chi connectivity index (χ0) is 18.7. The highest BCUT2D eigenvalue weighted by molar-refractivity contribution is 7.15. The highest BCUT2D eigenvalue weighted by atomic mass is 32.1. The van der Waals surface area contributed by atoms with E-state index in [1.807, 2.05) is 36.6 Å². The second-order valence-electron chi connectivity index (χ2n) is 5.59. The van der Waals surface area contributed by atoms with Crippen LogP contribution in [0.4, 0.5) is 10.7 Å². The summed E-state index contributed by atoms with van der Waals surface area (Å²) in [5.74, 6) is -0.422. The van der Waals surface area contributed by atoms with Gasteiger partial charge in [-0.25, -0.2) is 0 Å². The number of carbonyl (C=O) groups is 1. The van der Waals surface area contributed by atoms with Gasteiger partial charge in [-0.3, -0.25) is 14.9 Å². The van der Waals surface area contributed by atoms with E-state index in [-0.39, 0.29) is 11.3 Å². The Labute approximate surface area is 153 Å². The maximum absolute atomic E-state index is 12.4. The van der Waals surface area contributed by atoms with Crippen molar-refractivity contribution in [2.45, 2.75) is 6.92 Å². The number of amides is 1. The first-order chi connectivity index (χ1) is 12.5. The summed E-state index contributed by atoms with van der Waals surface area (Å²) in [7, 11) is 0. The molecule has 3 aromatic rings. The maximum atomic E-state index is 12.4. The van der Waals surface area contributed by atoms with Crippen LogP contribution in [0.1, 0.15) is 21.5 Å². The molecule has 128 valence electrons. The van der Waals surface area contributed by atoms with E-state index in [1.165, 1.54) is 35.6 Å². The Balaban J connectivity index is 1.86. The van der Waals surface area contributed by atoms with Gasteiger partial charge in [0, 0.05) is 28.6 Å². The minimum absolute atomic E-state index is 0.0861. The number of nitriles is 1. The first-order valence-corrected chi connectivity index (χ1v) is 8.52. The van der Waals surface area contributed by atoms with Crippen LogP contribution < -0.4 is 5.32 Å². The van der Waals surface area contributed by atoms with Crippen molar-refractivity contribution in [2.24, 2.45) is 0 Å². The van der Waals surface area contributed by atoms with Gasteiger partial charge in [0.25, 0.3) is 11.6 Å². The van der Waals surface area contributed by atoms with E-state index in [2.05, 4.69) is 11.4 Å². The molecule has 1 aromatic heterocycles. The number of thiophene rings is 1. The number of nitrogens with zero attached hydrogens (tertiary/aromatic N) is 2. The van der Waals surface area contributed by atoms with E-state index in [4.69, 9.17) is 0 Å². The quantitative estimate of drug-likeness (QED) is 0.534. The van der Waals surface area contributed by atoms with Gasteiger partial charge >= 0.3 is 0 Å². The van der Waals surface area contributed by atoms with Crippen LogP contribution in [0, 0.1) is 28.4 Å². The van der Waals surface area contributed by atoms with Crippen LogP contribution in [0.5, 0.6) is 0 Å². The molecular formula is C19H13N3O3S. The fraction of sp³-hybridized carbons (Fsp3) is 0.0526. The van der Waals surface area contributed by atoms with E-state index < -0.39 is 10.8 Å². The number of anilines is 1. The summed E-state index contributed by atoms with van der Waals surface area (Å²) in [5.41, 5.74) is 3.38. The third kappa shape index (κ3) is 3.45. The number of non-ortho nitro benzene ring substituents is 1. The van der Waals surface area contributed by atoms with E-state index in [0.29, 0.717) is 10.6 Å². The molecule has 1 N–H and O–H groups in total. The lowest BCUT2D eigenvalue weighted by molar-refractivity contribution is -0.384. The van der Waals surface area contributed by atoms with Crippen LogP contribution in [-0.2, 0) is 0 Å². The Hall–Kier alpha value is -3.50. The fourth-order valence-electron chi connectivity index (χ4n) is 2.42. The molecule has 0 spiro atoms. The average molecular weight is 363 g/mol. The number of nitro groups is 1. The molecule has 3 rings (SSSR count). The Morgan fingerprint density at radius 2 is 1.81 bits per heavy atom. The van der Waals surface area contributed by atoms with Crippen molar-refractivity contribution < 1.29 is 9.72 Å². The van der Waals surface area contributed by atoms with E-state index in [9.17, 15) is 20.2 Å². The Kier molecular flexibility index (Phi) is 4.78. The second-order valence-corrected chi connectivity index (χ2v) is 6.47. The lowest BCUT2D eigenvalue weighted by atomic mass is 10.0. The summed E-state index contributed by atoms with van der Waals surface area (Å²) in [6.45, 7) is 1.98. The third-order valence-corrected chi connectivity index (χ3v) is 4.73. The van der Waals surface area contributed by atoms with Crippen LogP contribution in [0.15, 0.2) is 53.9 Å². The van der Waals surface area contributed by atoms with Gasteiger partial charge in [0.15, 0.2) is 0 Å². The van der Waals surface area contributed by atoms with Gasteiger partial charge in [-0.1, -0.05) is 29.8 Å². The molecular weight excluding hydrogens is 350 g/mol. The number of carbonyl (C=O) groups excluding carboxylic acids is 1. The molecule has 0 unspecified atom stereocenters. The molecule has 0 aliphatic carbocycles. The van der Waals surface area contributed by atoms with Crippen molar-refractivity contribution in [3.8, 4) is 17.2 Å². The Morgan fingerprint density at radius 1 is 1.15 bits per heavy atom. The number of hydrogen-bond donors (Lipinski definition) is 1. The number of nitro benzene ring substituents is 1. The third-order valence-electron chi connectivity index (χ3n) is 3.83. The lowest BCUT2D eigenvalue weighted by Crippen LogP contribution is -2.11. The fourth-order valence-corrected chi connectivity index (χ4v) is 3.33. The summed E-state index contributed by atoms with van der Waals surface area (Å²) in [4.78, 5) is 22.5. The summed E-state index contributed by atoms with van der Waals surface area (Å²) in [6, 6.07) is 15.2. The van der Waals surface area contributed by atoms with Crippen molar-refractivity contribution in [1.82, 2.24) is 0 Å². The van der Waals surface area contributed by atoms with E-state index in [1.54, 1.807) is 0 Å². The molecule has 0 aliphatic rings. The predicted molar refractivity (Wildman–Crippen MR) is 100 cm³/mol. The molecule has 0 saturated carbocycles. The van der Waals surface area contributed by atoms with Gasteiger partial charge in [-0.15, -0.1) is 11.3 Å². The highest BCUT2D eigenvalue weighted by Crippen LogP contribution is 2.35. The van der Waals surface area contributed by atoms with Gasteiger partial charge in [-0.05, 0) is 24.6 Å². The molecule has 1 amide bonds. The molecule has 26 heavy (non-hydrogen) atoms. The monoisotopic (exact) mass is 363 g/mol. The van der Waals surface area contributed by atoms with Crippen molar-refractivity contribution >= 4 is 27.9 Å². The molecule has 1 heterocycles. The van der Waals surface area contributed by atoms with Crippen LogP contribution in [-0.4, -0.2) is 10.8 Å². The molecule has 0 atom stereocenters. The van der Waals surface area contributed by atoms with Gasteiger partial charge in [0.1, 0.15) is 11.1 Å². The largest absolute Gasteiger partial charge is 0.312 e. The summed E-state index contributed by atoms with van der Waals surface area (Å²) in [6.07, 6.45) is 0. The van der Waals surface area contributed by atoms with E-state index >= 15 is 0 Å². The normalized spacial score (nSPS) is 10.2. The Morgan fingerprint density at radius 3 is 2.38 bits per heavy atom. The molecule has 0 bridgehead atoms. The number of rotatable bonds is 4. The van der Waals surface area contributed by atoms with Crippen LogP contribution >= 0.6 is 11.3 Å². The van der Waals surface area contributed by atoms with Gasteiger partial charge < -0.3 is 5.32 Å². The maximum Gasteiger partial charge on any atom is 0.269 e. The lowest BCUT2D eigenvalue weighted by Gasteiger charge is -2.04. The minimum atomic E-state index is -0.525.